The number of rotatable bonds is 5. The molecule has 0 aliphatic heterocycles. The van der Waals surface area contributed by atoms with Crippen molar-refractivity contribution in [3.05, 3.63) is 59.1 Å². The first-order chi connectivity index (χ1) is 10.6. The van der Waals surface area contributed by atoms with Gasteiger partial charge in [-0.1, -0.05) is 41.4 Å². The lowest BCUT2D eigenvalue weighted by Crippen LogP contribution is -2.35. The topological polar surface area (TPSA) is 27.3 Å². The highest BCUT2D eigenvalue weighted by Gasteiger charge is 2.03. The third kappa shape index (κ3) is 4.90. The van der Waals surface area contributed by atoms with E-state index in [9.17, 15) is 0 Å². The molecule has 0 heterocycles. The highest BCUT2D eigenvalue weighted by molar-refractivity contribution is 7.80. The van der Waals surface area contributed by atoms with Crippen molar-refractivity contribution >= 4 is 40.3 Å². The summed E-state index contributed by atoms with van der Waals surface area (Å²) in [5.74, 6) is 0. The number of anilines is 2. The van der Waals surface area contributed by atoms with Gasteiger partial charge < -0.3 is 15.5 Å². The first kappa shape index (κ1) is 16.6. The SMILES string of the molecule is Cc1ccc(N(C)CCNC(=S)Nc2ccccc2Cl)cc1. The number of thiocarbonyl (C=S) groups is 1. The van der Waals surface area contributed by atoms with Gasteiger partial charge >= 0.3 is 0 Å². The first-order valence-corrected chi connectivity index (χ1v) is 7.92. The standard InChI is InChI=1S/C17H20ClN3S/c1-13-7-9-14(10-8-13)21(2)12-11-19-17(22)20-16-6-4-3-5-15(16)18/h3-10H,11-12H2,1-2H3,(H2,19,20,22). The highest BCUT2D eigenvalue weighted by Crippen LogP contribution is 2.20. The van der Waals surface area contributed by atoms with Crippen molar-refractivity contribution in [2.45, 2.75) is 6.92 Å². The number of halogens is 1. The average molecular weight is 334 g/mol. The fraction of sp³-hybridized carbons (Fsp3) is 0.235. The number of aryl methyl sites for hydroxylation is 1. The van der Waals surface area contributed by atoms with Crippen LogP contribution in [0.15, 0.2) is 48.5 Å². The molecule has 5 heteroatoms. The second-order valence-electron chi connectivity index (χ2n) is 5.12. The summed E-state index contributed by atoms with van der Waals surface area (Å²) < 4.78 is 0. The maximum atomic E-state index is 6.09. The molecule has 0 unspecified atom stereocenters. The summed E-state index contributed by atoms with van der Waals surface area (Å²) in [6, 6.07) is 16.0. The normalized spacial score (nSPS) is 10.1. The average Bonchev–Trinajstić information content (AvgIpc) is 2.50. The summed E-state index contributed by atoms with van der Waals surface area (Å²) in [6.07, 6.45) is 0. The molecule has 3 nitrogen and oxygen atoms in total. The third-order valence-corrected chi connectivity index (χ3v) is 3.91. The van der Waals surface area contributed by atoms with Crippen LogP contribution in [0.2, 0.25) is 5.02 Å². The minimum absolute atomic E-state index is 0.574. The second kappa shape index (κ2) is 8.01. The molecule has 0 radical (unpaired) electrons. The van der Waals surface area contributed by atoms with Crippen molar-refractivity contribution in [1.82, 2.24) is 5.32 Å². The van der Waals surface area contributed by atoms with E-state index in [1.807, 2.05) is 24.3 Å². The maximum absolute atomic E-state index is 6.09. The second-order valence-corrected chi connectivity index (χ2v) is 5.93. The lowest BCUT2D eigenvalue weighted by atomic mass is 10.2. The number of hydrogen-bond acceptors (Lipinski definition) is 2. The van der Waals surface area contributed by atoms with Gasteiger partial charge in [-0.2, -0.15) is 0 Å². The number of nitrogens with zero attached hydrogens (tertiary/aromatic N) is 1. The zero-order chi connectivity index (χ0) is 15.9. The summed E-state index contributed by atoms with van der Waals surface area (Å²) in [6.45, 7) is 3.69. The molecule has 0 saturated carbocycles. The smallest absolute Gasteiger partial charge is 0.170 e. The predicted octanol–water partition coefficient (Wildman–Crippen LogP) is 4.07. The zero-order valence-electron chi connectivity index (χ0n) is 12.8. The Morgan fingerprint density at radius 3 is 2.50 bits per heavy atom. The van der Waals surface area contributed by atoms with Gasteiger partial charge in [-0.3, -0.25) is 0 Å². The highest BCUT2D eigenvalue weighted by atomic mass is 35.5. The van der Waals surface area contributed by atoms with E-state index in [-0.39, 0.29) is 0 Å². The molecule has 0 aromatic heterocycles. The third-order valence-electron chi connectivity index (χ3n) is 3.33. The summed E-state index contributed by atoms with van der Waals surface area (Å²) >= 11 is 11.4. The van der Waals surface area contributed by atoms with Gasteiger partial charge in [0.15, 0.2) is 5.11 Å². The van der Waals surface area contributed by atoms with Gasteiger partial charge in [0, 0.05) is 25.8 Å². The van der Waals surface area contributed by atoms with E-state index in [2.05, 4.69) is 53.8 Å². The van der Waals surface area contributed by atoms with Crippen LogP contribution in [0.25, 0.3) is 0 Å². The molecule has 2 aromatic carbocycles. The van der Waals surface area contributed by atoms with Crippen LogP contribution in [0.4, 0.5) is 11.4 Å². The quantitative estimate of drug-likeness (QED) is 0.806. The van der Waals surface area contributed by atoms with Crippen LogP contribution < -0.4 is 15.5 Å². The Kier molecular flexibility index (Phi) is 6.04. The van der Waals surface area contributed by atoms with Crippen molar-refractivity contribution in [3.8, 4) is 0 Å². The molecule has 0 aliphatic rings. The van der Waals surface area contributed by atoms with Gasteiger partial charge in [0.2, 0.25) is 0 Å². The van der Waals surface area contributed by atoms with Crippen LogP contribution in [0.1, 0.15) is 5.56 Å². The molecule has 0 spiro atoms. The van der Waals surface area contributed by atoms with Gasteiger partial charge in [-0.15, -0.1) is 0 Å². The van der Waals surface area contributed by atoms with E-state index < -0.39 is 0 Å². The molecular formula is C17H20ClN3S. The van der Waals surface area contributed by atoms with E-state index in [4.69, 9.17) is 23.8 Å². The molecule has 0 bridgehead atoms. The number of nitrogens with one attached hydrogen (secondary N) is 2. The van der Waals surface area contributed by atoms with Gasteiger partial charge in [0.25, 0.3) is 0 Å². The number of likely N-dealkylation sites (N-methyl/N-ethyl adjacent to an activating group) is 1. The summed E-state index contributed by atoms with van der Waals surface area (Å²) in [5, 5.41) is 7.52. The molecule has 116 valence electrons. The largest absolute Gasteiger partial charge is 0.373 e. The number of para-hydroxylation sites is 1. The number of hydrogen-bond donors (Lipinski definition) is 2. The van der Waals surface area contributed by atoms with Gasteiger partial charge in [0.05, 0.1) is 10.7 Å². The Morgan fingerprint density at radius 2 is 1.82 bits per heavy atom. The predicted molar refractivity (Wildman–Crippen MR) is 100 cm³/mol. The Labute approximate surface area is 142 Å². The van der Waals surface area contributed by atoms with Crippen molar-refractivity contribution in [3.63, 3.8) is 0 Å². The minimum atomic E-state index is 0.574. The number of benzene rings is 2. The van der Waals surface area contributed by atoms with Crippen molar-refractivity contribution < 1.29 is 0 Å². The molecule has 22 heavy (non-hydrogen) atoms. The van der Waals surface area contributed by atoms with Crippen molar-refractivity contribution in [1.29, 1.82) is 0 Å². The fourth-order valence-corrected chi connectivity index (χ4v) is 2.39. The fourth-order valence-electron chi connectivity index (χ4n) is 1.99. The Balaban J connectivity index is 1.77. The Hall–Kier alpha value is -1.78. The lowest BCUT2D eigenvalue weighted by Gasteiger charge is -2.20. The van der Waals surface area contributed by atoms with Crippen molar-refractivity contribution in [2.24, 2.45) is 0 Å². The Bertz CT molecular complexity index is 628. The van der Waals surface area contributed by atoms with E-state index in [1.165, 1.54) is 11.3 Å². The molecular weight excluding hydrogens is 314 g/mol. The molecule has 0 atom stereocenters. The van der Waals surface area contributed by atoms with Crippen LogP contribution in [0.5, 0.6) is 0 Å². The zero-order valence-corrected chi connectivity index (χ0v) is 14.3. The van der Waals surface area contributed by atoms with Gasteiger partial charge in [-0.05, 0) is 43.4 Å². The van der Waals surface area contributed by atoms with Crippen LogP contribution in [-0.2, 0) is 0 Å². The summed E-state index contributed by atoms with van der Waals surface area (Å²) in [7, 11) is 2.07. The van der Waals surface area contributed by atoms with Crippen LogP contribution >= 0.6 is 23.8 Å². The molecule has 0 saturated heterocycles. The molecule has 2 N–H and O–H groups in total. The summed E-state index contributed by atoms with van der Waals surface area (Å²) in [4.78, 5) is 2.19. The first-order valence-electron chi connectivity index (χ1n) is 7.13. The Morgan fingerprint density at radius 1 is 1.14 bits per heavy atom. The van der Waals surface area contributed by atoms with E-state index in [1.54, 1.807) is 0 Å². The van der Waals surface area contributed by atoms with Gasteiger partial charge in [-0.25, -0.2) is 0 Å². The van der Waals surface area contributed by atoms with Crippen LogP contribution in [0, 0.1) is 6.92 Å². The van der Waals surface area contributed by atoms with Crippen molar-refractivity contribution in [2.75, 3.05) is 30.4 Å². The van der Waals surface area contributed by atoms with Crippen LogP contribution in [0.3, 0.4) is 0 Å². The van der Waals surface area contributed by atoms with E-state index >= 15 is 0 Å². The molecule has 0 amide bonds. The van der Waals surface area contributed by atoms with E-state index in [0.29, 0.717) is 10.1 Å². The lowest BCUT2D eigenvalue weighted by molar-refractivity contribution is 0.827. The molecule has 2 rings (SSSR count). The summed E-state index contributed by atoms with van der Waals surface area (Å²) in [5.41, 5.74) is 3.27. The van der Waals surface area contributed by atoms with Crippen LogP contribution in [-0.4, -0.2) is 25.2 Å². The van der Waals surface area contributed by atoms with Gasteiger partial charge in [0.1, 0.15) is 0 Å². The van der Waals surface area contributed by atoms with E-state index in [0.717, 1.165) is 18.8 Å². The monoisotopic (exact) mass is 333 g/mol. The molecule has 2 aromatic rings. The molecule has 0 aliphatic carbocycles. The minimum Gasteiger partial charge on any atom is -0.373 e. The molecule has 0 fully saturated rings. The maximum Gasteiger partial charge on any atom is 0.170 e.